The second-order valence-corrected chi connectivity index (χ2v) is 7.80. The third-order valence-electron chi connectivity index (χ3n) is 4.98. The minimum atomic E-state index is -0.339. The molecular formula is C19H27N3O2. The van der Waals surface area contributed by atoms with Crippen molar-refractivity contribution >= 4 is 17.6 Å². The lowest BCUT2D eigenvalue weighted by atomic mass is 9.92. The number of urea groups is 1. The molecule has 130 valence electrons. The molecule has 0 spiro atoms. The Labute approximate surface area is 144 Å². The normalized spacial score (nSPS) is 19.5. The van der Waals surface area contributed by atoms with Crippen LogP contribution in [0.1, 0.15) is 39.2 Å². The largest absolute Gasteiger partial charge is 0.342 e. The summed E-state index contributed by atoms with van der Waals surface area (Å²) in [6.45, 7) is 8.08. The van der Waals surface area contributed by atoms with Gasteiger partial charge in [0.1, 0.15) is 0 Å². The van der Waals surface area contributed by atoms with Crippen molar-refractivity contribution in [3.8, 4) is 0 Å². The van der Waals surface area contributed by atoms with Gasteiger partial charge in [-0.25, -0.2) is 4.79 Å². The predicted octanol–water partition coefficient (Wildman–Crippen LogP) is 3.11. The van der Waals surface area contributed by atoms with Crippen molar-refractivity contribution in [3.05, 3.63) is 29.8 Å². The second-order valence-electron chi connectivity index (χ2n) is 7.80. The number of piperidine rings is 1. The first-order valence-electron chi connectivity index (χ1n) is 8.81. The highest BCUT2D eigenvalue weighted by molar-refractivity contribution is 5.91. The van der Waals surface area contributed by atoms with Crippen LogP contribution in [0, 0.1) is 5.41 Å². The molecule has 1 aromatic rings. The van der Waals surface area contributed by atoms with Crippen molar-refractivity contribution < 1.29 is 9.59 Å². The van der Waals surface area contributed by atoms with Gasteiger partial charge in [-0.3, -0.25) is 4.79 Å². The zero-order valence-corrected chi connectivity index (χ0v) is 14.8. The number of benzene rings is 1. The van der Waals surface area contributed by atoms with E-state index in [1.807, 2.05) is 48.8 Å². The van der Waals surface area contributed by atoms with E-state index < -0.39 is 0 Å². The summed E-state index contributed by atoms with van der Waals surface area (Å²) in [4.78, 5) is 28.9. The molecule has 1 aromatic carbocycles. The topological polar surface area (TPSA) is 52.7 Å². The van der Waals surface area contributed by atoms with Crippen LogP contribution in [0.3, 0.4) is 0 Å². The van der Waals surface area contributed by atoms with Crippen molar-refractivity contribution in [1.29, 1.82) is 0 Å². The molecule has 0 aromatic heterocycles. The average molecular weight is 329 g/mol. The van der Waals surface area contributed by atoms with E-state index in [0.717, 1.165) is 44.6 Å². The van der Waals surface area contributed by atoms with E-state index in [9.17, 15) is 9.59 Å². The Hall–Kier alpha value is -2.04. The molecule has 3 rings (SSSR count). The molecule has 0 atom stereocenters. The molecule has 0 saturated carbocycles. The number of anilines is 1. The minimum Gasteiger partial charge on any atom is -0.342 e. The lowest BCUT2D eigenvalue weighted by Gasteiger charge is -2.39. The monoisotopic (exact) mass is 329 g/mol. The lowest BCUT2D eigenvalue weighted by Crippen LogP contribution is -2.51. The summed E-state index contributed by atoms with van der Waals surface area (Å²) in [6.07, 6.45) is 2.58. The SMILES string of the molecule is CC(C)(C)C(=O)N1CCC(N2CCc3ccccc3NC2=O)CC1. The molecule has 24 heavy (non-hydrogen) atoms. The third-order valence-corrected chi connectivity index (χ3v) is 4.98. The lowest BCUT2D eigenvalue weighted by molar-refractivity contribution is -0.140. The molecule has 1 fully saturated rings. The molecule has 2 aliphatic rings. The fourth-order valence-electron chi connectivity index (χ4n) is 3.59. The van der Waals surface area contributed by atoms with Crippen molar-refractivity contribution in [2.75, 3.05) is 25.0 Å². The number of nitrogens with one attached hydrogen (secondary N) is 1. The van der Waals surface area contributed by atoms with Crippen molar-refractivity contribution in [2.24, 2.45) is 5.41 Å². The molecule has 0 radical (unpaired) electrons. The van der Waals surface area contributed by atoms with E-state index in [0.29, 0.717) is 0 Å². The Kier molecular flexibility index (Phi) is 4.52. The van der Waals surface area contributed by atoms with Gasteiger partial charge in [-0.15, -0.1) is 0 Å². The van der Waals surface area contributed by atoms with Crippen LogP contribution in [0.4, 0.5) is 10.5 Å². The smallest absolute Gasteiger partial charge is 0.322 e. The Morgan fingerprint density at radius 3 is 2.46 bits per heavy atom. The Balaban J connectivity index is 1.63. The molecule has 5 heteroatoms. The number of nitrogens with zero attached hydrogens (tertiary/aromatic N) is 2. The second kappa shape index (κ2) is 6.46. The number of carbonyl (C=O) groups excluding carboxylic acids is 2. The van der Waals surface area contributed by atoms with Gasteiger partial charge < -0.3 is 15.1 Å². The molecule has 5 nitrogen and oxygen atoms in total. The summed E-state index contributed by atoms with van der Waals surface area (Å²) in [5.41, 5.74) is 1.77. The zero-order valence-electron chi connectivity index (χ0n) is 14.8. The Morgan fingerprint density at radius 1 is 1.12 bits per heavy atom. The number of amides is 3. The maximum Gasteiger partial charge on any atom is 0.322 e. The number of likely N-dealkylation sites (tertiary alicyclic amines) is 1. The van der Waals surface area contributed by atoms with Crippen LogP contribution in [0.25, 0.3) is 0 Å². The van der Waals surface area contributed by atoms with Gasteiger partial charge in [0.2, 0.25) is 5.91 Å². The van der Waals surface area contributed by atoms with E-state index in [1.54, 1.807) is 0 Å². The van der Waals surface area contributed by atoms with Crippen LogP contribution in [0.2, 0.25) is 0 Å². The Morgan fingerprint density at radius 2 is 1.79 bits per heavy atom. The maximum absolute atomic E-state index is 12.6. The van der Waals surface area contributed by atoms with Crippen LogP contribution in [-0.4, -0.2) is 47.4 Å². The van der Waals surface area contributed by atoms with Crippen LogP contribution < -0.4 is 5.32 Å². The van der Waals surface area contributed by atoms with Gasteiger partial charge in [0.15, 0.2) is 0 Å². The number of para-hydroxylation sites is 1. The minimum absolute atomic E-state index is 0.0134. The number of rotatable bonds is 1. The Bertz CT molecular complexity index is 628. The van der Waals surface area contributed by atoms with Gasteiger partial charge in [-0.2, -0.15) is 0 Å². The predicted molar refractivity (Wildman–Crippen MR) is 94.9 cm³/mol. The third kappa shape index (κ3) is 3.40. The van der Waals surface area contributed by atoms with Crippen LogP contribution in [0.5, 0.6) is 0 Å². The first-order chi connectivity index (χ1) is 11.4. The van der Waals surface area contributed by atoms with Crippen LogP contribution in [0.15, 0.2) is 24.3 Å². The first-order valence-corrected chi connectivity index (χ1v) is 8.81. The van der Waals surface area contributed by atoms with Gasteiger partial charge >= 0.3 is 6.03 Å². The number of fused-ring (bicyclic) bond motifs is 1. The van der Waals surface area contributed by atoms with Gasteiger partial charge in [0, 0.05) is 36.8 Å². The number of carbonyl (C=O) groups is 2. The summed E-state index contributed by atoms with van der Waals surface area (Å²) in [5, 5.41) is 3.03. The zero-order chi connectivity index (χ0) is 17.3. The van der Waals surface area contributed by atoms with E-state index in [4.69, 9.17) is 0 Å². The van der Waals surface area contributed by atoms with Crippen molar-refractivity contribution in [1.82, 2.24) is 9.80 Å². The standard InChI is InChI=1S/C19H27N3O2/c1-19(2,3)17(23)21-11-9-15(10-12-21)22-13-8-14-6-4-5-7-16(14)20-18(22)24/h4-7,15H,8-13H2,1-3H3,(H,20,24). The molecule has 0 bridgehead atoms. The van der Waals surface area contributed by atoms with E-state index >= 15 is 0 Å². The summed E-state index contributed by atoms with van der Waals surface area (Å²) in [5.74, 6) is 0.202. The highest BCUT2D eigenvalue weighted by Crippen LogP contribution is 2.26. The molecule has 0 unspecified atom stereocenters. The van der Waals surface area contributed by atoms with Crippen molar-refractivity contribution in [3.63, 3.8) is 0 Å². The molecule has 0 aliphatic carbocycles. The molecule has 2 aliphatic heterocycles. The summed E-state index contributed by atoms with van der Waals surface area (Å²) < 4.78 is 0. The molecule has 3 amide bonds. The molecular weight excluding hydrogens is 302 g/mol. The van der Waals surface area contributed by atoms with Gasteiger partial charge in [-0.1, -0.05) is 39.0 Å². The molecule has 2 heterocycles. The summed E-state index contributed by atoms with van der Waals surface area (Å²) in [7, 11) is 0. The van der Waals surface area contributed by atoms with Crippen LogP contribution in [-0.2, 0) is 11.2 Å². The van der Waals surface area contributed by atoms with Crippen LogP contribution >= 0.6 is 0 Å². The maximum atomic E-state index is 12.6. The quantitative estimate of drug-likeness (QED) is 0.861. The van der Waals surface area contributed by atoms with Crippen molar-refractivity contribution in [2.45, 2.75) is 46.1 Å². The number of hydrogen-bond donors (Lipinski definition) is 1. The fraction of sp³-hybridized carbons (Fsp3) is 0.579. The van der Waals surface area contributed by atoms with Gasteiger partial charge in [-0.05, 0) is 30.9 Å². The molecule has 1 saturated heterocycles. The summed E-state index contributed by atoms with van der Waals surface area (Å²) in [6, 6.07) is 8.19. The van der Waals surface area contributed by atoms with E-state index in [-0.39, 0.29) is 23.4 Å². The van der Waals surface area contributed by atoms with E-state index in [2.05, 4.69) is 11.4 Å². The average Bonchev–Trinajstić information content (AvgIpc) is 2.72. The highest BCUT2D eigenvalue weighted by Gasteiger charge is 2.34. The summed E-state index contributed by atoms with van der Waals surface area (Å²) >= 11 is 0. The fourth-order valence-corrected chi connectivity index (χ4v) is 3.59. The van der Waals surface area contributed by atoms with Gasteiger partial charge in [0.05, 0.1) is 0 Å². The van der Waals surface area contributed by atoms with Gasteiger partial charge in [0.25, 0.3) is 0 Å². The first kappa shape index (κ1) is 16.8. The highest BCUT2D eigenvalue weighted by atomic mass is 16.2. The van der Waals surface area contributed by atoms with E-state index in [1.165, 1.54) is 5.56 Å². The molecule has 1 N–H and O–H groups in total. The number of hydrogen-bond acceptors (Lipinski definition) is 2.